The Labute approximate surface area is 296 Å². The molecule has 2 N–H and O–H groups in total. The molecule has 0 unspecified atom stereocenters. The average molecular weight is 677 g/mol. The zero-order chi connectivity index (χ0) is 36.4. The number of allylic oxidation sites excluding steroid dienone is 1. The number of aromatic nitrogens is 2. The number of aliphatic imine (C=N–C) groups is 1. The van der Waals surface area contributed by atoms with Gasteiger partial charge in [0.05, 0.1) is 24.4 Å². The number of fused-ring (bicyclic) bond motifs is 1. The highest BCUT2D eigenvalue weighted by Crippen LogP contribution is 2.33. The van der Waals surface area contributed by atoms with Gasteiger partial charge in [-0.1, -0.05) is 76.2 Å². The van der Waals surface area contributed by atoms with Gasteiger partial charge in [0.25, 0.3) is 0 Å². The zero-order valence-corrected chi connectivity index (χ0v) is 31.2. The number of carbonyl (C=O) groups is 2. The van der Waals surface area contributed by atoms with Crippen molar-refractivity contribution in [1.29, 1.82) is 0 Å². The SMILES string of the molecule is CC(C)[C@H](NC(=O)OC(C)(C)C)C1=NC=C(c2ccc(-c3ccc4cc(-c5cnc([C@@H](CC(=O)OC(C)(C)C)C(C)C)[nH]5)ccc4c3)cc2)C1. The van der Waals surface area contributed by atoms with Crippen LogP contribution in [0.4, 0.5) is 4.79 Å². The highest BCUT2D eigenvalue weighted by molar-refractivity contribution is 6.03. The Morgan fingerprint density at radius 2 is 1.36 bits per heavy atom. The van der Waals surface area contributed by atoms with Crippen LogP contribution in [0.5, 0.6) is 0 Å². The van der Waals surface area contributed by atoms with Gasteiger partial charge in [-0.15, -0.1) is 0 Å². The van der Waals surface area contributed by atoms with Crippen LogP contribution in [0.2, 0.25) is 0 Å². The predicted octanol–water partition coefficient (Wildman–Crippen LogP) is 10.1. The molecule has 0 radical (unpaired) electrons. The fourth-order valence-corrected chi connectivity index (χ4v) is 6.24. The van der Waals surface area contributed by atoms with Crippen molar-refractivity contribution in [3.05, 3.63) is 84.4 Å². The maximum atomic E-state index is 12.6. The van der Waals surface area contributed by atoms with E-state index in [4.69, 9.17) is 14.5 Å². The quantitative estimate of drug-likeness (QED) is 0.163. The highest BCUT2D eigenvalue weighted by atomic mass is 16.6. The topological polar surface area (TPSA) is 106 Å². The molecule has 0 saturated carbocycles. The van der Waals surface area contributed by atoms with Gasteiger partial charge in [0.1, 0.15) is 17.0 Å². The third-order valence-electron chi connectivity index (χ3n) is 8.75. The normalized spacial score (nSPS) is 14.8. The van der Waals surface area contributed by atoms with E-state index in [9.17, 15) is 9.59 Å². The molecule has 2 atom stereocenters. The molecule has 0 aliphatic carbocycles. The van der Waals surface area contributed by atoms with E-state index in [2.05, 4.69) is 104 Å². The Kier molecular flexibility index (Phi) is 10.7. The molecule has 0 saturated heterocycles. The molecule has 0 bridgehead atoms. The van der Waals surface area contributed by atoms with Crippen molar-refractivity contribution in [2.75, 3.05) is 0 Å². The van der Waals surface area contributed by atoms with Gasteiger partial charge in [-0.3, -0.25) is 9.79 Å². The Hall–Kier alpha value is -4.72. The minimum Gasteiger partial charge on any atom is -0.460 e. The van der Waals surface area contributed by atoms with Crippen LogP contribution >= 0.6 is 0 Å². The van der Waals surface area contributed by atoms with Crippen LogP contribution in [0.1, 0.15) is 99.4 Å². The van der Waals surface area contributed by atoms with Crippen molar-refractivity contribution in [2.24, 2.45) is 16.8 Å². The number of amides is 1. The Morgan fingerprint density at radius 3 is 1.96 bits per heavy atom. The van der Waals surface area contributed by atoms with E-state index in [1.807, 2.05) is 53.9 Å². The minimum atomic E-state index is -0.559. The van der Waals surface area contributed by atoms with E-state index in [1.165, 1.54) is 0 Å². The molecular weight excluding hydrogens is 624 g/mol. The van der Waals surface area contributed by atoms with Gasteiger partial charge >= 0.3 is 12.1 Å². The molecule has 50 heavy (non-hydrogen) atoms. The van der Waals surface area contributed by atoms with Crippen LogP contribution in [0, 0.1) is 11.8 Å². The number of nitrogens with one attached hydrogen (secondary N) is 2. The number of nitrogens with zero attached hydrogens (tertiary/aromatic N) is 2. The van der Waals surface area contributed by atoms with Gasteiger partial charge in [-0.05, 0) is 98.5 Å². The number of ether oxygens (including phenoxy) is 2. The van der Waals surface area contributed by atoms with Crippen LogP contribution < -0.4 is 5.32 Å². The number of esters is 1. The smallest absolute Gasteiger partial charge is 0.408 e. The molecule has 2 heterocycles. The van der Waals surface area contributed by atoms with E-state index in [-0.39, 0.29) is 36.2 Å². The number of imidazole rings is 1. The molecule has 0 fully saturated rings. The van der Waals surface area contributed by atoms with Gasteiger partial charge in [-0.25, -0.2) is 9.78 Å². The number of benzene rings is 3. The Balaban J connectivity index is 1.25. The van der Waals surface area contributed by atoms with Gasteiger partial charge in [0, 0.05) is 29.8 Å². The summed E-state index contributed by atoms with van der Waals surface area (Å²) in [5.74, 6) is 0.911. The van der Waals surface area contributed by atoms with Crippen LogP contribution in [0.25, 0.3) is 38.7 Å². The van der Waals surface area contributed by atoms with E-state index in [0.29, 0.717) is 6.42 Å². The number of rotatable bonds is 10. The third kappa shape index (κ3) is 9.29. The Bertz CT molecular complexity index is 1900. The van der Waals surface area contributed by atoms with Gasteiger partial charge in [-0.2, -0.15) is 0 Å². The second kappa shape index (κ2) is 14.6. The first kappa shape index (κ1) is 36.6. The lowest BCUT2D eigenvalue weighted by Crippen LogP contribution is -2.46. The molecular formula is C42H52N4O4. The fourth-order valence-electron chi connectivity index (χ4n) is 6.24. The maximum Gasteiger partial charge on any atom is 0.408 e. The van der Waals surface area contributed by atoms with E-state index in [1.54, 1.807) is 0 Å². The molecule has 1 amide bonds. The standard InChI is InChI=1S/C42H52N4O4/c1-25(2)34(22-37(47)49-41(5,6)7)39-44-24-36(45-39)32-18-17-30-19-29(15-16-31(30)20-32)27-11-13-28(14-12-27)33-21-35(43-23-33)38(26(3)4)46-40(48)50-42(8,9)10/h11-20,23-26,34,38H,21-22H2,1-10H3,(H,44,45)(H,46,48)/t34-,38-/m0/s1. The summed E-state index contributed by atoms with van der Waals surface area (Å²) in [5.41, 5.74) is 6.34. The molecule has 0 spiro atoms. The molecule has 264 valence electrons. The zero-order valence-electron chi connectivity index (χ0n) is 31.2. The molecule has 1 aliphatic rings. The first-order valence-electron chi connectivity index (χ1n) is 17.6. The van der Waals surface area contributed by atoms with E-state index < -0.39 is 17.3 Å². The highest BCUT2D eigenvalue weighted by Gasteiger charge is 2.28. The summed E-state index contributed by atoms with van der Waals surface area (Å²) in [7, 11) is 0. The lowest BCUT2D eigenvalue weighted by molar-refractivity contribution is -0.155. The van der Waals surface area contributed by atoms with E-state index >= 15 is 0 Å². The van der Waals surface area contributed by atoms with Crippen molar-refractivity contribution < 1.29 is 19.1 Å². The number of aromatic amines is 1. The molecule has 3 aromatic carbocycles. The minimum absolute atomic E-state index is 0.0642. The number of carbonyl (C=O) groups excluding carboxylic acids is 2. The second-order valence-electron chi connectivity index (χ2n) is 16.0. The lowest BCUT2D eigenvalue weighted by Gasteiger charge is -2.26. The summed E-state index contributed by atoms with van der Waals surface area (Å²) in [5, 5.41) is 5.30. The molecule has 5 rings (SSSR count). The van der Waals surface area contributed by atoms with Crippen molar-refractivity contribution in [1.82, 2.24) is 15.3 Å². The summed E-state index contributed by atoms with van der Waals surface area (Å²) < 4.78 is 11.1. The second-order valence-corrected chi connectivity index (χ2v) is 16.0. The maximum absolute atomic E-state index is 12.6. The lowest BCUT2D eigenvalue weighted by atomic mass is 9.92. The average Bonchev–Trinajstić information content (AvgIpc) is 3.71. The van der Waals surface area contributed by atoms with Crippen LogP contribution in [0.3, 0.4) is 0 Å². The molecule has 4 aromatic rings. The van der Waals surface area contributed by atoms with Crippen LogP contribution in [-0.4, -0.2) is 45.0 Å². The molecule has 1 aromatic heterocycles. The number of hydrogen-bond acceptors (Lipinski definition) is 6. The summed E-state index contributed by atoms with van der Waals surface area (Å²) in [6, 6.07) is 21.3. The molecule has 8 nitrogen and oxygen atoms in total. The summed E-state index contributed by atoms with van der Waals surface area (Å²) in [4.78, 5) is 38.0. The Morgan fingerprint density at radius 1 is 0.780 bits per heavy atom. The molecule has 1 aliphatic heterocycles. The van der Waals surface area contributed by atoms with Crippen molar-refractivity contribution in [2.45, 2.75) is 105 Å². The van der Waals surface area contributed by atoms with Crippen molar-refractivity contribution in [3.63, 3.8) is 0 Å². The summed E-state index contributed by atoms with van der Waals surface area (Å²) >= 11 is 0. The van der Waals surface area contributed by atoms with Crippen LogP contribution in [-0.2, 0) is 14.3 Å². The van der Waals surface area contributed by atoms with Gasteiger partial charge in [0.2, 0.25) is 0 Å². The fraction of sp³-hybridized carbons (Fsp3) is 0.429. The number of alkyl carbamates (subject to hydrolysis) is 1. The number of H-pyrrole nitrogens is 1. The molecule has 8 heteroatoms. The summed E-state index contributed by atoms with van der Waals surface area (Å²) in [6.07, 6.45) is 4.30. The van der Waals surface area contributed by atoms with Crippen molar-refractivity contribution >= 4 is 34.1 Å². The van der Waals surface area contributed by atoms with Crippen LogP contribution in [0.15, 0.2) is 78.1 Å². The summed E-state index contributed by atoms with van der Waals surface area (Å²) in [6.45, 7) is 19.6. The monoisotopic (exact) mass is 676 g/mol. The van der Waals surface area contributed by atoms with E-state index in [0.717, 1.165) is 55.8 Å². The first-order chi connectivity index (χ1) is 23.5. The van der Waals surface area contributed by atoms with Gasteiger partial charge in [0.15, 0.2) is 0 Å². The first-order valence-corrected chi connectivity index (χ1v) is 17.6. The largest absolute Gasteiger partial charge is 0.460 e. The number of hydrogen-bond donors (Lipinski definition) is 2. The van der Waals surface area contributed by atoms with Gasteiger partial charge < -0.3 is 19.8 Å². The predicted molar refractivity (Wildman–Crippen MR) is 203 cm³/mol. The third-order valence-corrected chi connectivity index (χ3v) is 8.75. The van der Waals surface area contributed by atoms with Crippen molar-refractivity contribution in [3.8, 4) is 22.4 Å².